The lowest BCUT2D eigenvalue weighted by Gasteiger charge is -2.22. The van der Waals surface area contributed by atoms with E-state index >= 15 is 0 Å². The number of carbonyl (C=O) groups excluding carboxylic acids is 2. The van der Waals surface area contributed by atoms with Gasteiger partial charge >= 0.3 is 12.0 Å². The maximum absolute atomic E-state index is 11.5. The van der Waals surface area contributed by atoms with Crippen LogP contribution in [0.4, 0.5) is 4.79 Å². The molecule has 1 aliphatic carbocycles. The third-order valence-electron chi connectivity index (χ3n) is 3.13. The van der Waals surface area contributed by atoms with Crippen molar-refractivity contribution in [2.45, 2.75) is 51.1 Å². The minimum atomic E-state index is -1.04. The van der Waals surface area contributed by atoms with E-state index in [1.54, 1.807) is 0 Å². The van der Waals surface area contributed by atoms with Crippen molar-refractivity contribution in [2.24, 2.45) is 0 Å². The number of hydrogen-bond acceptors (Lipinski definition) is 4. The lowest BCUT2D eigenvalue weighted by molar-refractivity contribution is -0.139. The van der Waals surface area contributed by atoms with E-state index in [0.29, 0.717) is 0 Å². The van der Waals surface area contributed by atoms with Crippen LogP contribution < -0.4 is 16.0 Å². The van der Waals surface area contributed by atoms with Crippen molar-refractivity contribution in [2.75, 3.05) is 6.54 Å². The number of imide groups is 1. The standard InChI is InChI=1S/C12H21N3O4/c1-8(11(17)18)13-7-10(16)15-12(19)14-9-5-3-2-4-6-9/h8-9,13H,2-7H2,1H3,(H,17,18)(H2,14,15,16,19)/t8-/m0/s1. The first-order valence-electron chi connectivity index (χ1n) is 6.55. The van der Waals surface area contributed by atoms with Crippen molar-refractivity contribution in [3.63, 3.8) is 0 Å². The molecule has 0 aromatic carbocycles. The third-order valence-corrected chi connectivity index (χ3v) is 3.13. The highest BCUT2D eigenvalue weighted by Gasteiger charge is 2.17. The molecule has 0 bridgehead atoms. The Morgan fingerprint density at radius 3 is 2.42 bits per heavy atom. The van der Waals surface area contributed by atoms with Crippen molar-refractivity contribution < 1.29 is 19.5 Å². The van der Waals surface area contributed by atoms with Crippen LogP contribution in [-0.2, 0) is 9.59 Å². The summed E-state index contributed by atoms with van der Waals surface area (Å²) in [4.78, 5) is 33.4. The minimum Gasteiger partial charge on any atom is -0.480 e. The summed E-state index contributed by atoms with van der Waals surface area (Å²) < 4.78 is 0. The fourth-order valence-electron chi connectivity index (χ4n) is 1.97. The van der Waals surface area contributed by atoms with Crippen molar-refractivity contribution in [1.29, 1.82) is 0 Å². The van der Waals surface area contributed by atoms with Gasteiger partial charge in [-0.3, -0.25) is 20.2 Å². The first-order chi connectivity index (χ1) is 8.99. The van der Waals surface area contributed by atoms with Crippen LogP contribution in [0.1, 0.15) is 39.0 Å². The van der Waals surface area contributed by atoms with E-state index in [2.05, 4.69) is 16.0 Å². The van der Waals surface area contributed by atoms with Crippen LogP contribution in [0, 0.1) is 0 Å². The van der Waals surface area contributed by atoms with Gasteiger partial charge in [-0.25, -0.2) is 4.79 Å². The second-order valence-electron chi connectivity index (χ2n) is 4.80. The summed E-state index contributed by atoms with van der Waals surface area (Å²) in [7, 11) is 0. The van der Waals surface area contributed by atoms with E-state index in [1.165, 1.54) is 13.3 Å². The van der Waals surface area contributed by atoms with Gasteiger partial charge in [-0.2, -0.15) is 0 Å². The highest BCUT2D eigenvalue weighted by Crippen LogP contribution is 2.16. The molecule has 0 aromatic rings. The molecular weight excluding hydrogens is 250 g/mol. The molecule has 3 amide bonds. The molecule has 0 saturated heterocycles. The number of carboxylic acids is 1. The Labute approximate surface area is 112 Å². The molecule has 0 unspecified atom stereocenters. The molecule has 1 rings (SSSR count). The van der Waals surface area contributed by atoms with Crippen LogP contribution in [0.3, 0.4) is 0 Å². The van der Waals surface area contributed by atoms with E-state index in [1.807, 2.05) is 0 Å². The van der Waals surface area contributed by atoms with Gasteiger partial charge in [0.1, 0.15) is 6.04 Å². The zero-order valence-corrected chi connectivity index (χ0v) is 11.1. The SMILES string of the molecule is C[C@H](NCC(=O)NC(=O)NC1CCCCC1)C(=O)O. The van der Waals surface area contributed by atoms with E-state index in [-0.39, 0.29) is 12.6 Å². The number of nitrogens with one attached hydrogen (secondary N) is 3. The van der Waals surface area contributed by atoms with Gasteiger partial charge in [-0.15, -0.1) is 0 Å². The van der Waals surface area contributed by atoms with Crippen LogP contribution in [-0.4, -0.2) is 41.6 Å². The zero-order valence-electron chi connectivity index (χ0n) is 11.1. The lowest BCUT2D eigenvalue weighted by atomic mass is 9.96. The van der Waals surface area contributed by atoms with Gasteiger partial charge in [0.25, 0.3) is 0 Å². The quantitative estimate of drug-likeness (QED) is 0.571. The van der Waals surface area contributed by atoms with Gasteiger partial charge in [0.15, 0.2) is 0 Å². The molecule has 1 fully saturated rings. The monoisotopic (exact) mass is 271 g/mol. The molecule has 1 atom stereocenters. The summed E-state index contributed by atoms with van der Waals surface area (Å²) in [6, 6.07) is -1.21. The molecular formula is C12H21N3O4. The van der Waals surface area contributed by atoms with Gasteiger partial charge in [-0.05, 0) is 19.8 Å². The molecule has 7 nitrogen and oxygen atoms in total. The Bertz CT molecular complexity index is 340. The lowest BCUT2D eigenvalue weighted by Crippen LogP contribution is -2.48. The summed E-state index contributed by atoms with van der Waals surface area (Å²) in [5.41, 5.74) is 0. The van der Waals surface area contributed by atoms with Crippen molar-refractivity contribution in [1.82, 2.24) is 16.0 Å². The van der Waals surface area contributed by atoms with Crippen LogP contribution in [0.15, 0.2) is 0 Å². The topological polar surface area (TPSA) is 108 Å². The summed E-state index contributed by atoms with van der Waals surface area (Å²) >= 11 is 0. The zero-order chi connectivity index (χ0) is 14.3. The molecule has 4 N–H and O–H groups in total. The summed E-state index contributed by atoms with van der Waals surface area (Å²) in [5, 5.41) is 16.0. The smallest absolute Gasteiger partial charge is 0.321 e. The third kappa shape index (κ3) is 6.19. The molecule has 0 spiro atoms. The number of urea groups is 1. The number of hydrogen-bond donors (Lipinski definition) is 4. The molecule has 0 radical (unpaired) electrons. The van der Waals surface area contributed by atoms with Gasteiger partial charge in [0.2, 0.25) is 5.91 Å². The number of aliphatic carboxylic acids is 1. The fourth-order valence-corrected chi connectivity index (χ4v) is 1.97. The predicted molar refractivity (Wildman–Crippen MR) is 68.6 cm³/mol. The Hall–Kier alpha value is -1.63. The van der Waals surface area contributed by atoms with Gasteiger partial charge in [-0.1, -0.05) is 19.3 Å². The van der Waals surface area contributed by atoms with Gasteiger partial charge in [0, 0.05) is 6.04 Å². The Balaban J connectivity index is 2.20. The molecule has 0 heterocycles. The normalized spacial score (nSPS) is 17.5. The first kappa shape index (κ1) is 15.4. The molecule has 0 aromatic heterocycles. The summed E-state index contributed by atoms with van der Waals surface area (Å²) in [6.07, 6.45) is 5.26. The Morgan fingerprint density at radius 1 is 1.21 bits per heavy atom. The van der Waals surface area contributed by atoms with Crippen molar-refractivity contribution in [3.05, 3.63) is 0 Å². The molecule has 19 heavy (non-hydrogen) atoms. The van der Waals surface area contributed by atoms with E-state index in [0.717, 1.165) is 25.7 Å². The fraction of sp³-hybridized carbons (Fsp3) is 0.750. The maximum atomic E-state index is 11.5. The Morgan fingerprint density at radius 2 is 1.84 bits per heavy atom. The van der Waals surface area contributed by atoms with Crippen LogP contribution in [0.2, 0.25) is 0 Å². The number of carboxylic acid groups (broad SMARTS) is 1. The van der Waals surface area contributed by atoms with E-state index < -0.39 is 23.9 Å². The average Bonchev–Trinajstić information content (AvgIpc) is 2.36. The van der Waals surface area contributed by atoms with Gasteiger partial charge < -0.3 is 10.4 Å². The van der Waals surface area contributed by atoms with E-state index in [4.69, 9.17) is 5.11 Å². The van der Waals surface area contributed by atoms with Crippen molar-refractivity contribution in [3.8, 4) is 0 Å². The predicted octanol–water partition coefficient (Wildman–Crippen LogP) is 0.208. The second kappa shape index (κ2) is 7.73. The summed E-state index contributed by atoms with van der Waals surface area (Å²) in [5.74, 6) is -1.58. The maximum Gasteiger partial charge on any atom is 0.321 e. The summed E-state index contributed by atoms with van der Waals surface area (Å²) in [6.45, 7) is 1.23. The highest BCUT2D eigenvalue weighted by molar-refractivity contribution is 5.95. The van der Waals surface area contributed by atoms with Crippen LogP contribution in [0.25, 0.3) is 0 Å². The first-order valence-corrected chi connectivity index (χ1v) is 6.55. The second-order valence-corrected chi connectivity index (χ2v) is 4.80. The molecule has 108 valence electrons. The highest BCUT2D eigenvalue weighted by atomic mass is 16.4. The number of amides is 3. The van der Waals surface area contributed by atoms with E-state index in [9.17, 15) is 14.4 Å². The van der Waals surface area contributed by atoms with Crippen molar-refractivity contribution >= 4 is 17.9 Å². The van der Waals surface area contributed by atoms with Gasteiger partial charge in [0.05, 0.1) is 6.54 Å². The average molecular weight is 271 g/mol. The largest absolute Gasteiger partial charge is 0.480 e. The van der Waals surface area contributed by atoms with Crippen LogP contribution >= 0.6 is 0 Å². The molecule has 1 saturated carbocycles. The Kier molecular flexibility index (Phi) is 6.27. The number of rotatable bonds is 5. The molecule has 7 heteroatoms. The molecule has 0 aliphatic heterocycles. The molecule has 1 aliphatic rings. The number of carbonyl (C=O) groups is 3. The van der Waals surface area contributed by atoms with Crippen LogP contribution in [0.5, 0.6) is 0 Å². The minimum absolute atomic E-state index is 0.132.